The quantitative estimate of drug-likeness (QED) is 0.336. The van der Waals surface area contributed by atoms with Gasteiger partial charge in [0.1, 0.15) is 17.7 Å². The zero-order chi connectivity index (χ0) is 32.8. The summed E-state index contributed by atoms with van der Waals surface area (Å²) < 4.78 is 12.1. The number of carbonyl (C=O) groups is 3. The number of benzene rings is 2. The lowest BCUT2D eigenvalue weighted by atomic mass is 10.2. The number of hydrazine groups is 2. The molecular weight excluding hydrogens is 741 g/mol. The van der Waals surface area contributed by atoms with Crippen molar-refractivity contribution in [3.63, 3.8) is 0 Å². The predicted octanol–water partition coefficient (Wildman–Crippen LogP) is 8.05. The topological polar surface area (TPSA) is 94.7 Å². The molecule has 44 heavy (non-hydrogen) atoms. The first-order valence-electron chi connectivity index (χ1n) is 14.2. The van der Waals surface area contributed by atoms with E-state index < -0.39 is 17.3 Å². The summed E-state index contributed by atoms with van der Waals surface area (Å²) in [5, 5.41) is 10.7. The molecule has 2 aliphatic rings. The van der Waals surface area contributed by atoms with Crippen molar-refractivity contribution in [2.24, 2.45) is 0 Å². The van der Waals surface area contributed by atoms with Crippen molar-refractivity contribution in [2.75, 3.05) is 42.7 Å². The van der Waals surface area contributed by atoms with Crippen molar-refractivity contribution >= 4 is 84.5 Å². The lowest BCUT2D eigenvalue weighted by Gasteiger charge is -2.32. The van der Waals surface area contributed by atoms with Crippen molar-refractivity contribution < 1.29 is 23.9 Å². The van der Waals surface area contributed by atoms with Gasteiger partial charge in [-0.25, -0.2) is 14.6 Å². The van der Waals surface area contributed by atoms with E-state index in [1.807, 2.05) is 61.1 Å². The molecule has 4 rings (SSSR count). The molecule has 3 amide bonds. The molecule has 0 saturated carbocycles. The van der Waals surface area contributed by atoms with Crippen LogP contribution in [0.4, 0.5) is 21.0 Å². The Bertz CT molecular complexity index is 1350. The number of nitrogens with one attached hydrogen (secondary N) is 1. The summed E-state index contributed by atoms with van der Waals surface area (Å²) >= 11 is 19.2. The van der Waals surface area contributed by atoms with E-state index in [4.69, 9.17) is 32.7 Å². The zero-order valence-corrected chi connectivity index (χ0v) is 30.4. The molecule has 0 atom stereocenters. The lowest BCUT2D eigenvalue weighted by molar-refractivity contribution is -0.129. The van der Waals surface area contributed by atoms with Crippen molar-refractivity contribution in [2.45, 2.75) is 65.6 Å². The van der Waals surface area contributed by atoms with Crippen molar-refractivity contribution in [3.05, 3.63) is 55.4 Å². The van der Waals surface area contributed by atoms with Gasteiger partial charge in [-0.3, -0.25) is 19.8 Å². The van der Waals surface area contributed by atoms with Gasteiger partial charge in [0.2, 0.25) is 0 Å². The number of halogens is 4. The molecule has 2 heterocycles. The molecule has 1 N–H and O–H groups in total. The molecule has 2 saturated heterocycles. The predicted molar refractivity (Wildman–Crippen MR) is 181 cm³/mol. The molecule has 0 radical (unpaired) electrons. The molecule has 2 aliphatic heterocycles. The summed E-state index contributed by atoms with van der Waals surface area (Å²) in [7, 11) is 0. The van der Waals surface area contributed by atoms with Crippen LogP contribution >= 0.6 is 55.1 Å². The maximum Gasteiger partial charge on any atom is 0.429 e. The standard InChI is InChI=1S/C16H21BrClN3O3.C14H18BrClN2O2/c1-16(2,3)24-15(23)19-10-13(22)21-9-5-8-20(21)12-7-4-6-11(18)14(12)17;1-14(2,3)20-13(19)18-9-5-8-17(18)11-7-4-6-10(16)12(11)15/h4,6-7H,5,8-10H2,1-3H3,(H,19,23);4,6-7H,5,8-9H2,1-3H3. The maximum absolute atomic E-state index is 12.5. The molecule has 0 bridgehead atoms. The average molecular weight is 780 g/mol. The van der Waals surface area contributed by atoms with Gasteiger partial charge in [0.15, 0.2) is 0 Å². The first-order valence-corrected chi connectivity index (χ1v) is 16.5. The Labute approximate surface area is 286 Å². The van der Waals surface area contributed by atoms with Gasteiger partial charge in [0.25, 0.3) is 5.91 Å². The van der Waals surface area contributed by atoms with Crippen LogP contribution in [-0.4, -0.2) is 72.0 Å². The Balaban J connectivity index is 0.000000244. The van der Waals surface area contributed by atoms with Gasteiger partial charge >= 0.3 is 12.2 Å². The Morgan fingerprint density at radius 1 is 0.750 bits per heavy atom. The summed E-state index contributed by atoms with van der Waals surface area (Å²) in [6, 6.07) is 11.1. The maximum atomic E-state index is 12.5. The van der Waals surface area contributed by atoms with Crippen LogP contribution in [0.3, 0.4) is 0 Å². The fraction of sp³-hybridized carbons (Fsp3) is 0.500. The second-order valence-electron chi connectivity index (χ2n) is 12.1. The molecule has 2 fully saturated rings. The summed E-state index contributed by atoms with van der Waals surface area (Å²) in [4.78, 5) is 36.4. The van der Waals surface area contributed by atoms with Crippen molar-refractivity contribution in [1.82, 2.24) is 15.3 Å². The van der Waals surface area contributed by atoms with Gasteiger partial charge in [-0.1, -0.05) is 35.3 Å². The number of alkyl carbamates (subject to hydrolysis) is 1. The van der Waals surface area contributed by atoms with Crippen LogP contribution in [-0.2, 0) is 14.3 Å². The highest BCUT2D eigenvalue weighted by molar-refractivity contribution is 9.11. The summed E-state index contributed by atoms with van der Waals surface area (Å²) in [6.07, 6.45) is 0.808. The summed E-state index contributed by atoms with van der Waals surface area (Å²) in [6.45, 7) is 13.5. The number of amides is 3. The van der Waals surface area contributed by atoms with E-state index in [1.54, 1.807) is 36.9 Å². The third kappa shape index (κ3) is 10.1. The van der Waals surface area contributed by atoms with Crippen LogP contribution in [0.15, 0.2) is 45.3 Å². The molecule has 10 nitrogen and oxygen atoms in total. The van der Waals surface area contributed by atoms with Crippen LogP contribution in [0.2, 0.25) is 10.0 Å². The second kappa shape index (κ2) is 15.2. The number of carbonyl (C=O) groups excluding carboxylic acids is 3. The number of hydrogen-bond acceptors (Lipinski definition) is 7. The molecule has 0 unspecified atom stereocenters. The first kappa shape index (κ1) is 36.1. The van der Waals surface area contributed by atoms with Gasteiger partial charge in [-0.2, -0.15) is 0 Å². The lowest BCUT2D eigenvalue weighted by Crippen LogP contribution is -2.47. The van der Waals surface area contributed by atoms with E-state index in [1.165, 1.54) is 0 Å². The van der Waals surface area contributed by atoms with Crippen LogP contribution in [0.1, 0.15) is 54.4 Å². The third-order valence-electron chi connectivity index (χ3n) is 6.16. The minimum Gasteiger partial charge on any atom is -0.444 e. The molecule has 0 aromatic heterocycles. The molecule has 0 spiro atoms. The van der Waals surface area contributed by atoms with E-state index in [0.717, 1.165) is 39.7 Å². The first-order chi connectivity index (χ1) is 20.5. The number of anilines is 2. The average Bonchev–Trinajstić information content (AvgIpc) is 3.59. The molecule has 14 heteroatoms. The van der Waals surface area contributed by atoms with Crippen molar-refractivity contribution in [3.8, 4) is 0 Å². The zero-order valence-electron chi connectivity index (χ0n) is 25.8. The Morgan fingerprint density at radius 3 is 1.68 bits per heavy atom. The molecule has 2 aromatic rings. The normalized spacial score (nSPS) is 15.1. The van der Waals surface area contributed by atoms with Crippen molar-refractivity contribution in [1.29, 1.82) is 0 Å². The highest BCUT2D eigenvalue weighted by Crippen LogP contribution is 2.36. The number of ether oxygens (including phenoxy) is 2. The van der Waals surface area contributed by atoms with Gasteiger partial charge in [0, 0.05) is 26.2 Å². The monoisotopic (exact) mass is 777 g/mol. The van der Waals surface area contributed by atoms with Crippen LogP contribution < -0.4 is 15.3 Å². The highest BCUT2D eigenvalue weighted by Gasteiger charge is 2.32. The third-order valence-corrected chi connectivity index (χ3v) is 8.91. The largest absolute Gasteiger partial charge is 0.444 e. The van der Waals surface area contributed by atoms with E-state index >= 15 is 0 Å². The van der Waals surface area contributed by atoms with E-state index in [0.29, 0.717) is 29.7 Å². The Kier molecular flexibility index (Phi) is 12.5. The van der Waals surface area contributed by atoms with Gasteiger partial charge in [-0.15, -0.1) is 0 Å². The number of hydrogen-bond donors (Lipinski definition) is 1. The molecule has 242 valence electrons. The van der Waals surface area contributed by atoms with E-state index in [-0.39, 0.29) is 18.5 Å². The number of rotatable bonds is 4. The summed E-state index contributed by atoms with van der Waals surface area (Å²) in [5.74, 6) is -0.203. The minimum atomic E-state index is -0.606. The van der Waals surface area contributed by atoms with E-state index in [9.17, 15) is 14.4 Å². The molecular formula is C30H39Br2Cl2N5O5. The second-order valence-corrected chi connectivity index (χ2v) is 14.5. The van der Waals surface area contributed by atoms with E-state index in [2.05, 4.69) is 37.2 Å². The smallest absolute Gasteiger partial charge is 0.429 e. The fourth-order valence-electron chi connectivity index (χ4n) is 4.42. The fourth-order valence-corrected chi connectivity index (χ4v) is 5.70. The number of nitrogens with zero attached hydrogens (tertiary/aromatic N) is 4. The van der Waals surface area contributed by atoms with Crippen LogP contribution in [0, 0.1) is 0 Å². The molecule has 0 aliphatic carbocycles. The Morgan fingerprint density at radius 2 is 1.20 bits per heavy atom. The van der Waals surface area contributed by atoms with Crippen LogP contribution in [0.5, 0.6) is 0 Å². The van der Waals surface area contributed by atoms with Gasteiger partial charge in [-0.05, 0) is 111 Å². The summed E-state index contributed by atoms with van der Waals surface area (Å²) in [5.41, 5.74) is 0.599. The Hall–Kier alpha value is -2.41. The minimum absolute atomic E-state index is 0.121. The SMILES string of the molecule is CC(C)(C)OC(=O)N1CCCN1c1cccc(Cl)c1Br.CC(C)(C)OC(=O)NCC(=O)N1CCCN1c1cccc(Cl)c1Br. The van der Waals surface area contributed by atoms with Crippen LogP contribution in [0.25, 0.3) is 0 Å². The van der Waals surface area contributed by atoms with Gasteiger partial charge < -0.3 is 14.8 Å². The molecule has 2 aromatic carbocycles. The highest BCUT2D eigenvalue weighted by atomic mass is 79.9. The van der Waals surface area contributed by atoms with Gasteiger partial charge in [0.05, 0.1) is 30.4 Å².